The molecule has 0 spiro atoms. The van der Waals surface area contributed by atoms with E-state index in [9.17, 15) is 0 Å². The third kappa shape index (κ3) is 2.76. The van der Waals surface area contributed by atoms with Crippen LogP contribution in [0.5, 0.6) is 0 Å². The van der Waals surface area contributed by atoms with Gasteiger partial charge in [0.2, 0.25) is 0 Å². The summed E-state index contributed by atoms with van der Waals surface area (Å²) < 4.78 is 1.03. The van der Waals surface area contributed by atoms with Crippen LogP contribution in [-0.4, -0.2) is 10.6 Å². The fourth-order valence-electron chi connectivity index (χ4n) is 1.99. The number of nitrogens with zero attached hydrogens (tertiary/aromatic N) is 1. The minimum Gasteiger partial charge on any atom is -0.275 e. The molecule has 0 saturated carbocycles. The third-order valence-electron chi connectivity index (χ3n) is 2.95. The Morgan fingerprint density at radius 2 is 1.50 bits per heavy atom. The fraction of sp³-hybridized carbons (Fsp3) is 0.0625. The molecule has 0 radical (unpaired) electrons. The second kappa shape index (κ2) is 6.20. The number of hydrazone groups is 1. The van der Waals surface area contributed by atoms with Crippen LogP contribution < -0.4 is 5.43 Å². The van der Waals surface area contributed by atoms with Crippen LogP contribution in [0.2, 0.25) is 0 Å². The number of nitrogens with one attached hydrogen (secondary N) is 1. The minimum atomic E-state index is 1.03. The van der Waals surface area contributed by atoms with E-state index in [1.807, 2.05) is 30.5 Å². The summed E-state index contributed by atoms with van der Waals surface area (Å²) in [6.45, 7) is 0. The van der Waals surface area contributed by atoms with E-state index in [4.69, 9.17) is 0 Å². The maximum atomic E-state index is 4.42. The van der Waals surface area contributed by atoms with Gasteiger partial charge in [-0.2, -0.15) is 5.10 Å². The number of thioether (sulfide) groups is 2. The topological polar surface area (TPSA) is 24.4 Å². The van der Waals surface area contributed by atoms with Crippen molar-refractivity contribution < 1.29 is 0 Å². The SMILES string of the molecule is CSC1=NNC(c2ccccc2)=C(c2ccccc2)S1. The van der Waals surface area contributed by atoms with Gasteiger partial charge in [0.25, 0.3) is 0 Å². The molecule has 20 heavy (non-hydrogen) atoms. The zero-order valence-corrected chi connectivity index (χ0v) is 12.7. The quantitative estimate of drug-likeness (QED) is 0.884. The number of benzene rings is 2. The Labute approximate surface area is 127 Å². The van der Waals surface area contributed by atoms with Gasteiger partial charge < -0.3 is 0 Å². The van der Waals surface area contributed by atoms with Crippen LogP contribution in [-0.2, 0) is 0 Å². The zero-order chi connectivity index (χ0) is 13.8. The summed E-state index contributed by atoms with van der Waals surface area (Å²) >= 11 is 3.38. The summed E-state index contributed by atoms with van der Waals surface area (Å²) in [6, 6.07) is 20.8. The molecule has 0 atom stereocenters. The van der Waals surface area contributed by atoms with Crippen LogP contribution >= 0.6 is 23.5 Å². The number of hydrogen-bond acceptors (Lipinski definition) is 4. The van der Waals surface area contributed by atoms with Crippen molar-refractivity contribution in [1.82, 2.24) is 5.43 Å². The molecular weight excluding hydrogens is 284 g/mol. The predicted octanol–water partition coefficient (Wildman–Crippen LogP) is 4.48. The van der Waals surface area contributed by atoms with Gasteiger partial charge in [0.15, 0.2) is 4.38 Å². The van der Waals surface area contributed by atoms with E-state index in [1.54, 1.807) is 23.5 Å². The monoisotopic (exact) mass is 298 g/mol. The molecule has 2 nitrogen and oxygen atoms in total. The molecule has 0 unspecified atom stereocenters. The Morgan fingerprint density at radius 3 is 2.10 bits per heavy atom. The summed E-state index contributed by atoms with van der Waals surface area (Å²) in [6.07, 6.45) is 2.05. The minimum absolute atomic E-state index is 1.03. The van der Waals surface area contributed by atoms with Crippen LogP contribution in [0.25, 0.3) is 10.6 Å². The zero-order valence-electron chi connectivity index (χ0n) is 11.0. The molecule has 1 aliphatic heterocycles. The van der Waals surface area contributed by atoms with E-state index in [0.29, 0.717) is 0 Å². The Balaban J connectivity index is 2.08. The van der Waals surface area contributed by atoms with Crippen molar-refractivity contribution in [3.8, 4) is 0 Å². The first kappa shape index (κ1) is 13.3. The molecule has 0 bridgehead atoms. The lowest BCUT2D eigenvalue weighted by molar-refractivity contribution is 1.00. The summed E-state index contributed by atoms with van der Waals surface area (Å²) in [4.78, 5) is 1.22. The average molecular weight is 298 g/mol. The summed E-state index contributed by atoms with van der Waals surface area (Å²) in [5, 5.41) is 4.42. The van der Waals surface area contributed by atoms with Crippen molar-refractivity contribution in [3.63, 3.8) is 0 Å². The highest BCUT2D eigenvalue weighted by Gasteiger charge is 2.18. The Kier molecular flexibility index (Phi) is 4.14. The van der Waals surface area contributed by atoms with Crippen LogP contribution in [0.15, 0.2) is 65.8 Å². The van der Waals surface area contributed by atoms with E-state index in [-0.39, 0.29) is 0 Å². The molecule has 2 aromatic rings. The first-order valence-electron chi connectivity index (χ1n) is 6.29. The first-order chi connectivity index (χ1) is 9.88. The molecular formula is C16H14N2S2. The van der Waals surface area contributed by atoms with Crippen molar-refractivity contribution in [2.75, 3.05) is 6.26 Å². The highest BCUT2D eigenvalue weighted by Crippen LogP contribution is 2.39. The first-order valence-corrected chi connectivity index (χ1v) is 8.33. The van der Waals surface area contributed by atoms with Crippen molar-refractivity contribution in [2.45, 2.75) is 0 Å². The average Bonchev–Trinajstić information content (AvgIpc) is 2.56. The van der Waals surface area contributed by atoms with Gasteiger partial charge in [0.05, 0.1) is 5.70 Å². The van der Waals surface area contributed by atoms with Gasteiger partial charge in [0, 0.05) is 10.5 Å². The highest BCUT2D eigenvalue weighted by atomic mass is 32.2. The largest absolute Gasteiger partial charge is 0.275 e. The van der Waals surface area contributed by atoms with Crippen molar-refractivity contribution in [2.24, 2.45) is 5.10 Å². The van der Waals surface area contributed by atoms with Crippen LogP contribution in [0.1, 0.15) is 11.1 Å². The highest BCUT2D eigenvalue weighted by molar-refractivity contribution is 8.42. The van der Waals surface area contributed by atoms with Gasteiger partial charge in [-0.1, -0.05) is 72.4 Å². The van der Waals surface area contributed by atoms with E-state index in [0.717, 1.165) is 15.6 Å². The summed E-state index contributed by atoms with van der Waals surface area (Å²) in [5.74, 6) is 0. The standard InChI is InChI=1S/C16H14N2S2/c1-19-16-18-17-14(12-8-4-2-5-9-12)15(20-16)13-10-6-3-7-11-13/h2-11,17H,1H3. The van der Waals surface area contributed by atoms with Gasteiger partial charge >= 0.3 is 0 Å². The van der Waals surface area contributed by atoms with Gasteiger partial charge in [-0.05, 0) is 11.8 Å². The van der Waals surface area contributed by atoms with Gasteiger partial charge in [-0.3, -0.25) is 5.43 Å². The molecule has 1 aliphatic rings. The molecule has 4 heteroatoms. The van der Waals surface area contributed by atoms with Crippen LogP contribution in [0.3, 0.4) is 0 Å². The lowest BCUT2D eigenvalue weighted by Gasteiger charge is -2.20. The molecule has 1 N–H and O–H groups in total. The summed E-state index contributed by atoms with van der Waals surface area (Å²) in [5.41, 5.74) is 6.65. The lowest BCUT2D eigenvalue weighted by atomic mass is 10.1. The fourth-order valence-corrected chi connectivity index (χ4v) is 3.50. The molecule has 0 amide bonds. The molecule has 0 aliphatic carbocycles. The number of hydrogen-bond donors (Lipinski definition) is 1. The maximum absolute atomic E-state index is 4.42. The third-order valence-corrected chi connectivity index (χ3v) is 5.05. The van der Waals surface area contributed by atoms with Crippen molar-refractivity contribution >= 4 is 38.5 Å². The van der Waals surface area contributed by atoms with Gasteiger partial charge in [0.1, 0.15) is 0 Å². The van der Waals surface area contributed by atoms with Crippen LogP contribution in [0.4, 0.5) is 0 Å². The second-order valence-corrected chi connectivity index (χ2v) is 6.28. The maximum Gasteiger partial charge on any atom is 0.154 e. The molecule has 0 saturated heterocycles. The second-order valence-electron chi connectivity index (χ2n) is 4.23. The van der Waals surface area contributed by atoms with E-state index < -0.39 is 0 Å². The summed E-state index contributed by atoms with van der Waals surface area (Å²) in [7, 11) is 0. The lowest BCUT2D eigenvalue weighted by Crippen LogP contribution is -2.13. The van der Waals surface area contributed by atoms with Crippen molar-refractivity contribution in [3.05, 3.63) is 71.8 Å². The molecule has 100 valence electrons. The molecule has 0 fully saturated rings. The Morgan fingerprint density at radius 1 is 0.900 bits per heavy atom. The Bertz CT molecular complexity index is 649. The molecule has 2 aromatic carbocycles. The Hall–Kier alpha value is -1.65. The molecule has 1 heterocycles. The number of rotatable bonds is 2. The predicted molar refractivity (Wildman–Crippen MR) is 91.4 cm³/mol. The van der Waals surface area contributed by atoms with E-state index >= 15 is 0 Å². The van der Waals surface area contributed by atoms with Crippen molar-refractivity contribution in [1.29, 1.82) is 0 Å². The molecule has 3 rings (SSSR count). The van der Waals surface area contributed by atoms with E-state index in [1.165, 1.54) is 10.5 Å². The van der Waals surface area contributed by atoms with Crippen LogP contribution in [0, 0.1) is 0 Å². The smallest absolute Gasteiger partial charge is 0.154 e. The van der Waals surface area contributed by atoms with Gasteiger partial charge in [-0.15, -0.1) is 11.8 Å². The molecule has 0 aromatic heterocycles. The van der Waals surface area contributed by atoms with Gasteiger partial charge in [-0.25, -0.2) is 0 Å². The normalized spacial score (nSPS) is 14.8. The van der Waals surface area contributed by atoms with E-state index in [2.05, 4.69) is 46.9 Å².